The molecule has 1 saturated heterocycles. The standard InChI is InChI=1S/C15H16ClFN2S/c16-13-4-3-11(17)10-12(13)15(14-2-1-9-20-14)19-7-5-18-6-8-19/h1-4,9-10,15,18H,5-8H2/t15-/m0/s1. The van der Waals surface area contributed by atoms with E-state index < -0.39 is 0 Å². The van der Waals surface area contributed by atoms with E-state index in [2.05, 4.69) is 21.7 Å². The fourth-order valence-electron chi connectivity index (χ4n) is 2.64. The van der Waals surface area contributed by atoms with E-state index in [1.807, 2.05) is 6.07 Å². The molecule has 106 valence electrons. The first-order chi connectivity index (χ1) is 9.75. The van der Waals surface area contributed by atoms with E-state index in [4.69, 9.17) is 11.6 Å². The summed E-state index contributed by atoms with van der Waals surface area (Å²) in [5, 5.41) is 6.03. The lowest BCUT2D eigenvalue weighted by Gasteiger charge is -2.35. The van der Waals surface area contributed by atoms with Gasteiger partial charge in [-0.2, -0.15) is 0 Å². The van der Waals surface area contributed by atoms with E-state index in [0.717, 1.165) is 31.7 Å². The number of benzene rings is 1. The molecule has 1 aliphatic heterocycles. The average molecular weight is 311 g/mol. The predicted molar refractivity (Wildman–Crippen MR) is 82.0 cm³/mol. The van der Waals surface area contributed by atoms with Crippen molar-refractivity contribution in [3.05, 3.63) is 57.0 Å². The van der Waals surface area contributed by atoms with Gasteiger partial charge in [-0.3, -0.25) is 4.90 Å². The van der Waals surface area contributed by atoms with Crippen molar-refractivity contribution in [2.45, 2.75) is 6.04 Å². The number of hydrogen-bond donors (Lipinski definition) is 1. The summed E-state index contributed by atoms with van der Waals surface area (Å²) < 4.78 is 13.6. The van der Waals surface area contributed by atoms with Gasteiger partial charge in [-0.1, -0.05) is 17.7 Å². The van der Waals surface area contributed by atoms with E-state index in [1.54, 1.807) is 23.5 Å². The topological polar surface area (TPSA) is 15.3 Å². The molecule has 2 nitrogen and oxygen atoms in total. The first-order valence-corrected chi connectivity index (χ1v) is 7.94. The maximum atomic E-state index is 13.6. The Morgan fingerprint density at radius 2 is 2.05 bits per heavy atom. The molecule has 20 heavy (non-hydrogen) atoms. The fraction of sp³-hybridized carbons (Fsp3) is 0.333. The largest absolute Gasteiger partial charge is 0.314 e. The van der Waals surface area contributed by atoms with Gasteiger partial charge in [-0.25, -0.2) is 4.39 Å². The Morgan fingerprint density at radius 1 is 1.25 bits per heavy atom. The fourth-order valence-corrected chi connectivity index (χ4v) is 3.74. The second kappa shape index (κ2) is 6.22. The van der Waals surface area contributed by atoms with E-state index in [1.165, 1.54) is 10.9 Å². The molecular weight excluding hydrogens is 295 g/mol. The Balaban J connectivity index is 2.02. The van der Waals surface area contributed by atoms with Crippen molar-refractivity contribution in [1.29, 1.82) is 0 Å². The van der Waals surface area contributed by atoms with Gasteiger partial charge in [0.2, 0.25) is 0 Å². The molecule has 1 aliphatic rings. The third-order valence-corrected chi connectivity index (χ3v) is 4.85. The second-order valence-corrected chi connectivity index (χ2v) is 6.26. The molecule has 5 heteroatoms. The summed E-state index contributed by atoms with van der Waals surface area (Å²) in [6.07, 6.45) is 0. The lowest BCUT2D eigenvalue weighted by molar-refractivity contribution is 0.200. The number of hydrogen-bond acceptors (Lipinski definition) is 3. The molecule has 1 atom stereocenters. The van der Waals surface area contributed by atoms with Crippen LogP contribution in [0.3, 0.4) is 0 Å². The molecule has 1 aromatic heterocycles. The van der Waals surface area contributed by atoms with Crippen LogP contribution >= 0.6 is 22.9 Å². The zero-order chi connectivity index (χ0) is 13.9. The Bertz CT molecular complexity index is 567. The van der Waals surface area contributed by atoms with Crippen molar-refractivity contribution < 1.29 is 4.39 Å². The summed E-state index contributed by atoms with van der Waals surface area (Å²) >= 11 is 8.01. The minimum Gasteiger partial charge on any atom is -0.314 e. The normalized spacial score (nSPS) is 18.1. The van der Waals surface area contributed by atoms with Crippen LogP contribution in [0.25, 0.3) is 0 Å². The Labute approximate surface area is 127 Å². The molecule has 0 radical (unpaired) electrons. The number of rotatable bonds is 3. The van der Waals surface area contributed by atoms with Gasteiger partial charge < -0.3 is 5.32 Å². The Morgan fingerprint density at radius 3 is 2.75 bits per heavy atom. The summed E-state index contributed by atoms with van der Waals surface area (Å²) in [5.74, 6) is -0.235. The molecule has 2 aromatic rings. The van der Waals surface area contributed by atoms with Gasteiger partial charge >= 0.3 is 0 Å². The highest BCUT2D eigenvalue weighted by Crippen LogP contribution is 2.36. The second-order valence-electron chi connectivity index (χ2n) is 4.87. The molecule has 1 N–H and O–H groups in total. The molecule has 3 rings (SSSR count). The summed E-state index contributed by atoms with van der Waals surface area (Å²) in [7, 11) is 0. The maximum absolute atomic E-state index is 13.6. The van der Waals surface area contributed by atoms with Gasteiger partial charge in [0.05, 0.1) is 6.04 Å². The summed E-state index contributed by atoms with van der Waals surface area (Å²) in [4.78, 5) is 3.57. The highest BCUT2D eigenvalue weighted by Gasteiger charge is 2.26. The predicted octanol–water partition coefficient (Wildman–Crippen LogP) is 3.54. The van der Waals surface area contributed by atoms with Crippen LogP contribution in [0.1, 0.15) is 16.5 Å². The van der Waals surface area contributed by atoms with Crippen LogP contribution in [0, 0.1) is 5.82 Å². The number of piperazine rings is 1. The van der Waals surface area contributed by atoms with Crippen LogP contribution in [0.15, 0.2) is 35.7 Å². The molecule has 0 bridgehead atoms. The number of nitrogens with one attached hydrogen (secondary N) is 1. The van der Waals surface area contributed by atoms with E-state index in [9.17, 15) is 4.39 Å². The van der Waals surface area contributed by atoms with Gasteiger partial charge in [0.1, 0.15) is 5.82 Å². The first kappa shape index (κ1) is 14.0. The molecule has 1 aromatic carbocycles. The highest BCUT2D eigenvalue weighted by atomic mass is 35.5. The third kappa shape index (κ3) is 2.88. The molecule has 0 unspecified atom stereocenters. The minimum atomic E-state index is -0.235. The molecule has 2 heterocycles. The average Bonchev–Trinajstić information content (AvgIpc) is 2.98. The van der Waals surface area contributed by atoms with E-state index >= 15 is 0 Å². The Kier molecular flexibility index (Phi) is 4.36. The van der Waals surface area contributed by atoms with E-state index in [-0.39, 0.29) is 11.9 Å². The van der Waals surface area contributed by atoms with Crippen LogP contribution in [0.5, 0.6) is 0 Å². The first-order valence-electron chi connectivity index (χ1n) is 6.69. The zero-order valence-corrected chi connectivity index (χ0v) is 12.6. The number of halogens is 2. The minimum absolute atomic E-state index is 0.0419. The molecule has 0 spiro atoms. The maximum Gasteiger partial charge on any atom is 0.123 e. The lowest BCUT2D eigenvalue weighted by atomic mass is 10.0. The van der Waals surface area contributed by atoms with Crippen LogP contribution in [-0.4, -0.2) is 31.1 Å². The summed E-state index contributed by atoms with van der Waals surface area (Å²) in [5.41, 5.74) is 0.857. The van der Waals surface area contributed by atoms with Crippen molar-refractivity contribution >= 4 is 22.9 Å². The van der Waals surface area contributed by atoms with Crippen molar-refractivity contribution in [1.82, 2.24) is 10.2 Å². The van der Waals surface area contributed by atoms with Crippen molar-refractivity contribution in [3.63, 3.8) is 0 Å². The molecule has 1 fully saturated rings. The number of nitrogens with zero attached hydrogens (tertiary/aromatic N) is 1. The summed E-state index contributed by atoms with van der Waals surface area (Å²) in [6, 6.07) is 8.79. The quantitative estimate of drug-likeness (QED) is 0.933. The molecule has 0 saturated carbocycles. The third-order valence-electron chi connectivity index (χ3n) is 3.58. The van der Waals surface area contributed by atoms with Crippen molar-refractivity contribution in [3.8, 4) is 0 Å². The van der Waals surface area contributed by atoms with Gasteiger partial charge in [-0.05, 0) is 35.2 Å². The molecular formula is C15H16ClFN2S. The number of thiophene rings is 1. The molecule has 0 aliphatic carbocycles. The van der Waals surface area contributed by atoms with Gasteiger partial charge in [0.25, 0.3) is 0 Å². The van der Waals surface area contributed by atoms with Crippen molar-refractivity contribution in [2.75, 3.05) is 26.2 Å². The van der Waals surface area contributed by atoms with E-state index in [0.29, 0.717) is 5.02 Å². The molecule has 0 amide bonds. The van der Waals surface area contributed by atoms with Gasteiger partial charge in [0.15, 0.2) is 0 Å². The van der Waals surface area contributed by atoms with Crippen molar-refractivity contribution in [2.24, 2.45) is 0 Å². The van der Waals surface area contributed by atoms with Crippen LogP contribution in [-0.2, 0) is 0 Å². The smallest absolute Gasteiger partial charge is 0.123 e. The zero-order valence-electron chi connectivity index (χ0n) is 11.0. The highest BCUT2D eigenvalue weighted by molar-refractivity contribution is 7.10. The van der Waals surface area contributed by atoms with Crippen LogP contribution in [0.2, 0.25) is 5.02 Å². The Hall–Kier alpha value is -0.940. The van der Waals surface area contributed by atoms with Crippen LogP contribution in [0.4, 0.5) is 4.39 Å². The SMILES string of the molecule is Fc1ccc(Cl)c([C@@H](c2cccs2)N2CCNCC2)c1. The monoisotopic (exact) mass is 310 g/mol. The lowest BCUT2D eigenvalue weighted by Crippen LogP contribution is -2.45. The van der Waals surface area contributed by atoms with Gasteiger partial charge in [0, 0.05) is 36.1 Å². The summed E-state index contributed by atoms with van der Waals surface area (Å²) in [6.45, 7) is 3.79. The van der Waals surface area contributed by atoms with Crippen LogP contribution < -0.4 is 5.32 Å². The van der Waals surface area contributed by atoms with Gasteiger partial charge in [-0.15, -0.1) is 11.3 Å².